The van der Waals surface area contributed by atoms with E-state index in [-0.39, 0.29) is 6.04 Å². The van der Waals surface area contributed by atoms with Crippen molar-refractivity contribution in [3.8, 4) is 5.69 Å². The number of aryl methyl sites for hydroxylation is 3. The summed E-state index contributed by atoms with van der Waals surface area (Å²) in [5.74, 6) is 0.805. The second-order valence-electron chi connectivity index (χ2n) is 5.17. The number of hydrogen-bond donors (Lipinski definition) is 1. The number of hydrogen-bond acceptors (Lipinski definition) is 4. The summed E-state index contributed by atoms with van der Waals surface area (Å²) in [6.07, 6.45) is 5.76. The van der Waals surface area contributed by atoms with Crippen molar-refractivity contribution < 1.29 is 0 Å². The third-order valence-corrected chi connectivity index (χ3v) is 3.70. The Hall–Kier alpha value is -2.22. The molecule has 1 atom stereocenters. The molecular weight excluding hydrogens is 286 g/mol. The summed E-state index contributed by atoms with van der Waals surface area (Å²) < 4.78 is 6.12. The van der Waals surface area contributed by atoms with Crippen LogP contribution in [-0.2, 0) is 7.05 Å². The molecule has 7 nitrogen and oxygen atoms in total. The minimum absolute atomic E-state index is 0.0359. The average molecular weight is 303 g/mol. The Kier molecular flexibility index (Phi) is 3.25. The van der Waals surface area contributed by atoms with Gasteiger partial charge in [0.25, 0.3) is 0 Å². The van der Waals surface area contributed by atoms with E-state index in [1.165, 1.54) is 0 Å². The van der Waals surface area contributed by atoms with Gasteiger partial charge in [0.15, 0.2) is 10.6 Å². The van der Waals surface area contributed by atoms with Gasteiger partial charge in [-0.15, -0.1) is 0 Å². The highest BCUT2D eigenvalue weighted by Crippen LogP contribution is 2.21. The Balaban J connectivity index is 2.13. The van der Waals surface area contributed by atoms with Crippen LogP contribution in [0.1, 0.15) is 30.0 Å². The minimum Gasteiger partial charge on any atom is -0.273 e. The lowest BCUT2D eigenvalue weighted by Gasteiger charge is -2.13. The molecule has 0 aliphatic carbocycles. The minimum atomic E-state index is -0.0359. The second-order valence-corrected chi connectivity index (χ2v) is 5.56. The van der Waals surface area contributed by atoms with E-state index in [0.717, 1.165) is 22.8 Å². The highest BCUT2D eigenvalue weighted by Gasteiger charge is 2.20. The summed E-state index contributed by atoms with van der Waals surface area (Å²) in [5.41, 5.74) is 2.95. The molecule has 0 saturated heterocycles. The Morgan fingerprint density at radius 2 is 2.05 bits per heavy atom. The lowest BCUT2D eigenvalue weighted by atomic mass is 10.3. The molecule has 3 rings (SSSR count). The molecule has 0 spiro atoms. The molecule has 0 amide bonds. The van der Waals surface area contributed by atoms with Crippen molar-refractivity contribution in [2.75, 3.05) is 0 Å². The normalized spacial score (nSPS) is 12.8. The number of nitrogens with zero attached hydrogens (tertiary/aromatic N) is 6. The summed E-state index contributed by atoms with van der Waals surface area (Å²) >= 11 is 5.38. The Morgan fingerprint density at radius 1 is 1.29 bits per heavy atom. The summed E-state index contributed by atoms with van der Waals surface area (Å²) in [7, 11) is 1.89. The van der Waals surface area contributed by atoms with Gasteiger partial charge in [0.1, 0.15) is 6.04 Å². The summed E-state index contributed by atoms with van der Waals surface area (Å²) in [6, 6.07) is -0.0359. The van der Waals surface area contributed by atoms with Crippen molar-refractivity contribution in [1.82, 2.24) is 34.3 Å². The van der Waals surface area contributed by atoms with E-state index in [1.54, 1.807) is 4.68 Å². The van der Waals surface area contributed by atoms with E-state index >= 15 is 0 Å². The molecule has 0 radical (unpaired) electrons. The summed E-state index contributed by atoms with van der Waals surface area (Å²) in [5, 5.41) is 16.0. The zero-order valence-corrected chi connectivity index (χ0v) is 13.2. The van der Waals surface area contributed by atoms with Gasteiger partial charge in [-0.1, -0.05) is 0 Å². The van der Waals surface area contributed by atoms with Crippen molar-refractivity contribution in [1.29, 1.82) is 0 Å². The van der Waals surface area contributed by atoms with Crippen LogP contribution in [0.3, 0.4) is 0 Å². The largest absolute Gasteiger partial charge is 0.273 e. The molecule has 21 heavy (non-hydrogen) atoms. The number of aromatic amines is 1. The molecule has 3 heterocycles. The fraction of sp³-hybridized carbons (Fsp3) is 0.385. The van der Waals surface area contributed by atoms with Gasteiger partial charge in [-0.25, -0.2) is 0 Å². The monoisotopic (exact) mass is 303 g/mol. The lowest BCUT2D eigenvalue weighted by Crippen LogP contribution is -2.13. The van der Waals surface area contributed by atoms with Crippen LogP contribution in [0.25, 0.3) is 5.69 Å². The van der Waals surface area contributed by atoms with E-state index in [1.807, 2.05) is 55.7 Å². The van der Waals surface area contributed by atoms with Gasteiger partial charge in [-0.2, -0.15) is 15.3 Å². The second kappa shape index (κ2) is 4.96. The molecule has 0 bridgehead atoms. The summed E-state index contributed by atoms with van der Waals surface area (Å²) in [4.78, 5) is 0. The predicted octanol–water partition coefficient (Wildman–Crippen LogP) is 2.09. The smallest absolute Gasteiger partial charge is 0.200 e. The van der Waals surface area contributed by atoms with Crippen molar-refractivity contribution in [2.24, 2.45) is 7.05 Å². The fourth-order valence-electron chi connectivity index (χ4n) is 2.39. The first-order valence-electron chi connectivity index (χ1n) is 6.66. The van der Waals surface area contributed by atoms with Crippen molar-refractivity contribution in [2.45, 2.75) is 26.8 Å². The average Bonchev–Trinajstić information content (AvgIpc) is 3.09. The van der Waals surface area contributed by atoms with Crippen molar-refractivity contribution in [3.63, 3.8) is 0 Å². The number of rotatable bonds is 3. The molecule has 0 fully saturated rings. The molecule has 0 aromatic carbocycles. The number of H-pyrrole nitrogens is 1. The molecule has 0 aliphatic heterocycles. The van der Waals surface area contributed by atoms with Gasteiger partial charge in [-0.3, -0.25) is 19.0 Å². The van der Waals surface area contributed by atoms with Gasteiger partial charge in [0.05, 0.1) is 17.6 Å². The van der Waals surface area contributed by atoms with Crippen molar-refractivity contribution >= 4 is 12.2 Å². The van der Waals surface area contributed by atoms with Crippen LogP contribution >= 0.6 is 12.2 Å². The van der Waals surface area contributed by atoms with Gasteiger partial charge >= 0.3 is 0 Å². The number of aromatic nitrogens is 7. The highest BCUT2D eigenvalue weighted by molar-refractivity contribution is 7.71. The van der Waals surface area contributed by atoms with Crippen LogP contribution in [0.2, 0.25) is 0 Å². The van der Waals surface area contributed by atoms with Gasteiger partial charge in [0.2, 0.25) is 0 Å². The Morgan fingerprint density at radius 3 is 2.62 bits per heavy atom. The zero-order chi connectivity index (χ0) is 15.1. The Labute approximate surface area is 127 Å². The van der Waals surface area contributed by atoms with Crippen LogP contribution in [0.4, 0.5) is 0 Å². The number of nitrogens with one attached hydrogen (secondary N) is 1. The third kappa shape index (κ3) is 2.31. The highest BCUT2D eigenvalue weighted by atomic mass is 32.1. The molecule has 0 unspecified atom stereocenters. The van der Waals surface area contributed by atoms with Crippen LogP contribution < -0.4 is 0 Å². The fourth-order valence-corrected chi connectivity index (χ4v) is 2.63. The van der Waals surface area contributed by atoms with Gasteiger partial charge in [0, 0.05) is 19.4 Å². The molecule has 0 aliphatic rings. The maximum atomic E-state index is 5.38. The Bertz CT molecular complexity index is 835. The zero-order valence-electron chi connectivity index (χ0n) is 12.4. The van der Waals surface area contributed by atoms with Crippen LogP contribution in [-0.4, -0.2) is 34.3 Å². The summed E-state index contributed by atoms with van der Waals surface area (Å²) in [6.45, 7) is 6.01. The molecular formula is C13H17N7S. The van der Waals surface area contributed by atoms with Crippen LogP contribution in [0.15, 0.2) is 18.6 Å². The van der Waals surface area contributed by atoms with Gasteiger partial charge < -0.3 is 0 Å². The molecule has 0 saturated carbocycles. The predicted molar refractivity (Wildman–Crippen MR) is 81.0 cm³/mol. The quantitative estimate of drug-likeness (QED) is 0.752. The first-order valence-corrected chi connectivity index (χ1v) is 7.07. The van der Waals surface area contributed by atoms with E-state index < -0.39 is 0 Å². The van der Waals surface area contributed by atoms with E-state index in [4.69, 9.17) is 12.2 Å². The maximum absolute atomic E-state index is 5.38. The van der Waals surface area contributed by atoms with E-state index in [0.29, 0.717) is 4.77 Å². The third-order valence-electron chi connectivity index (χ3n) is 3.43. The van der Waals surface area contributed by atoms with Crippen molar-refractivity contribution in [3.05, 3.63) is 40.4 Å². The van der Waals surface area contributed by atoms with Gasteiger partial charge in [-0.05, 0) is 38.6 Å². The molecule has 3 aromatic rings. The molecule has 8 heteroatoms. The maximum Gasteiger partial charge on any atom is 0.200 e. The van der Waals surface area contributed by atoms with Crippen LogP contribution in [0.5, 0.6) is 0 Å². The SMILES string of the molecule is Cc1cnn([C@H](C)c2n[nH]c(=S)n2-c2cn(C)nc2C)c1. The first-order chi connectivity index (χ1) is 9.97. The topological polar surface area (TPSA) is 69.2 Å². The first kappa shape index (κ1) is 13.7. The molecule has 1 N–H and O–H groups in total. The lowest BCUT2D eigenvalue weighted by molar-refractivity contribution is 0.527. The van der Waals surface area contributed by atoms with Crippen LogP contribution in [0, 0.1) is 18.6 Å². The van der Waals surface area contributed by atoms with E-state index in [9.17, 15) is 0 Å². The van der Waals surface area contributed by atoms with E-state index in [2.05, 4.69) is 20.4 Å². The standard InChI is InChI=1S/C13H17N7S/c1-8-5-14-19(6-8)10(3)12-15-16-13(21)20(12)11-7-18(4)17-9(11)2/h5-7,10H,1-4H3,(H,16,21)/t10-/m1/s1. The molecule has 3 aromatic heterocycles. The molecule has 110 valence electrons.